The number of benzene rings is 2. The third-order valence-corrected chi connectivity index (χ3v) is 8.11. The van der Waals surface area contributed by atoms with Gasteiger partial charge in [-0.25, -0.2) is 8.42 Å². The average molecular weight is 480 g/mol. The van der Waals surface area contributed by atoms with Gasteiger partial charge in [-0.3, -0.25) is 4.72 Å². The molecular weight excluding hydrogens is 446 g/mol. The van der Waals surface area contributed by atoms with Crippen LogP contribution >= 0.6 is 0 Å². The Hall–Kier alpha value is -2.82. The van der Waals surface area contributed by atoms with E-state index in [1.165, 1.54) is 5.56 Å². The number of nitrogens with one attached hydrogen (secondary N) is 1. The zero-order chi connectivity index (χ0) is 24.1. The Morgan fingerprint density at radius 1 is 1.09 bits per heavy atom. The van der Waals surface area contributed by atoms with E-state index in [-0.39, 0.29) is 17.8 Å². The molecule has 2 aromatic carbocycles. The quantitative estimate of drug-likeness (QED) is 0.537. The first kappa shape index (κ1) is 24.3. The summed E-state index contributed by atoms with van der Waals surface area (Å²) >= 11 is 0. The van der Waals surface area contributed by atoms with Gasteiger partial charge in [0.25, 0.3) is 0 Å². The first-order chi connectivity index (χ1) is 16.5. The van der Waals surface area contributed by atoms with Crippen LogP contribution in [0.25, 0.3) is 5.70 Å². The van der Waals surface area contributed by atoms with Gasteiger partial charge in [-0.05, 0) is 55.9 Å². The summed E-state index contributed by atoms with van der Waals surface area (Å²) < 4.78 is 32.7. The fourth-order valence-corrected chi connectivity index (χ4v) is 5.80. The van der Waals surface area contributed by atoms with Gasteiger partial charge in [0.05, 0.1) is 35.8 Å². The lowest BCUT2D eigenvalue weighted by Gasteiger charge is -2.38. The molecule has 1 aliphatic heterocycles. The van der Waals surface area contributed by atoms with Gasteiger partial charge in [-0.15, -0.1) is 0 Å². The third kappa shape index (κ3) is 5.29. The first-order valence-electron chi connectivity index (χ1n) is 12.1. The smallest absolute Gasteiger partial charge is 0.232 e. The van der Waals surface area contributed by atoms with Gasteiger partial charge >= 0.3 is 0 Å². The van der Waals surface area contributed by atoms with E-state index in [0.717, 1.165) is 49.1 Å². The minimum absolute atomic E-state index is 0.0274. The molecule has 1 N–H and O–H groups in total. The second-order valence-corrected chi connectivity index (χ2v) is 11.1. The lowest BCUT2D eigenvalue weighted by atomic mass is 9.80. The standard InChI is InChI=1S/C27H33N3O3S/c1-3-16-30-26-15-14-23(33-19-20-8-6-5-7-9-20)17-24(26)25(18-28)27(30)21-10-12-22(13-11-21)29-34(31,32)4-2/h5-13,23-24,26,29H,3-4,14-17,19H2,1-2H3. The Bertz CT molecular complexity index is 1150. The van der Waals surface area contributed by atoms with Crippen LogP contribution < -0.4 is 4.72 Å². The molecule has 0 amide bonds. The molecule has 1 heterocycles. The van der Waals surface area contributed by atoms with Crippen molar-refractivity contribution >= 4 is 21.4 Å². The molecule has 2 aromatic rings. The van der Waals surface area contributed by atoms with Gasteiger partial charge in [-0.1, -0.05) is 49.4 Å². The van der Waals surface area contributed by atoms with Crippen LogP contribution in [0.5, 0.6) is 0 Å². The molecule has 34 heavy (non-hydrogen) atoms. The minimum Gasteiger partial charge on any atom is -0.374 e. The summed E-state index contributed by atoms with van der Waals surface area (Å²) in [4.78, 5) is 2.40. The number of rotatable bonds is 9. The number of sulfonamides is 1. The summed E-state index contributed by atoms with van der Waals surface area (Å²) in [6.45, 7) is 5.26. The van der Waals surface area contributed by atoms with E-state index in [0.29, 0.717) is 18.3 Å². The van der Waals surface area contributed by atoms with E-state index in [4.69, 9.17) is 4.74 Å². The maximum Gasteiger partial charge on any atom is 0.232 e. The van der Waals surface area contributed by atoms with Crippen molar-refractivity contribution in [3.63, 3.8) is 0 Å². The Labute approximate surface area is 203 Å². The molecular formula is C27H33N3O3S. The highest BCUT2D eigenvalue weighted by molar-refractivity contribution is 7.92. The summed E-state index contributed by atoms with van der Waals surface area (Å²) in [7, 11) is -3.33. The fourth-order valence-electron chi connectivity index (χ4n) is 5.16. The molecule has 3 atom stereocenters. The normalized spacial score (nSPS) is 22.4. The summed E-state index contributed by atoms with van der Waals surface area (Å²) in [6, 6.07) is 20.4. The van der Waals surface area contributed by atoms with E-state index in [1.807, 2.05) is 30.3 Å². The monoisotopic (exact) mass is 479 g/mol. The average Bonchev–Trinajstić information content (AvgIpc) is 3.16. The van der Waals surface area contributed by atoms with E-state index in [1.54, 1.807) is 19.1 Å². The largest absolute Gasteiger partial charge is 0.374 e. The fraction of sp³-hybridized carbons (Fsp3) is 0.444. The van der Waals surface area contributed by atoms with Gasteiger partial charge < -0.3 is 9.64 Å². The molecule has 0 saturated heterocycles. The summed E-state index contributed by atoms with van der Waals surface area (Å²) in [5.74, 6) is 0.180. The first-order valence-corrected chi connectivity index (χ1v) is 13.8. The molecule has 3 unspecified atom stereocenters. The van der Waals surface area contributed by atoms with Crippen molar-refractivity contribution in [2.24, 2.45) is 5.92 Å². The van der Waals surface area contributed by atoms with Crippen molar-refractivity contribution in [3.05, 3.63) is 71.3 Å². The van der Waals surface area contributed by atoms with Crippen LogP contribution in [0.15, 0.2) is 60.2 Å². The van der Waals surface area contributed by atoms with E-state index < -0.39 is 10.0 Å². The van der Waals surface area contributed by atoms with Crippen LogP contribution in [0.4, 0.5) is 5.69 Å². The maximum absolute atomic E-state index is 11.9. The van der Waals surface area contributed by atoms with Crippen LogP contribution in [0.1, 0.15) is 50.7 Å². The molecule has 7 heteroatoms. The maximum atomic E-state index is 11.9. The van der Waals surface area contributed by atoms with E-state index in [2.05, 4.69) is 34.7 Å². The summed E-state index contributed by atoms with van der Waals surface area (Å²) in [5, 5.41) is 10.2. The molecule has 0 bridgehead atoms. The van der Waals surface area contributed by atoms with Gasteiger partial charge in [0, 0.05) is 24.2 Å². The second kappa shape index (κ2) is 10.6. The predicted octanol–water partition coefficient (Wildman–Crippen LogP) is 5.16. The Balaban J connectivity index is 1.56. The Morgan fingerprint density at radius 2 is 1.82 bits per heavy atom. The zero-order valence-corrected chi connectivity index (χ0v) is 20.7. The van der Waals surface area contributed by atoms with Crippen LogP contribution in [0.2, 0.25) is 0 Å². The summed E-state index contributed by atoms with van der Waals surface area (Å²) in [5.41, 5.74) is 4.48. The third-order valence-electron chi connectivity index (χ3n) is 6.80. The van der Waals surface area contributed by atoms with Crippen LogP contribution in [-0.4, -0.2) is 37.8 Å². The topological polar surface area (TPSA) is 82.4 Å². The number of fused-ring (bicyclic) bond motifs is 1. The van der Waals surface area contributed by atoms with Crippen molar-refractivity contribution in [2.75, 3.05) is 17.0 Å². The lowest BCUT2D eigenvalue weighted by Crippen LogP contribution is -2.40. The Morgan fingerprint density at radius 3 is 2.47 bits per heavy atom. The van der Waals surface area contributed by atoms with Gasteiger partial charge in [-0.2, -0.15) is 5.26 Å². The van der Waals surface area contributed by atoms with Crippen LogP contribution in [0.3, 0.4) is 0 Å². The van der Waals surface area contributed by atoms with Crippen molar-refractivity contribution in [3.8, 4) is 6.07 Å². The lowest BCUT2D eigenvalue weighted by molar-refractivity contribution is -0.00651. The number of nitriles is 1. The highest BCUT2D eigenvalue weighted by Crippen LogP contribution is 2.46. The van der Waals surface area contributed by atoms with E-state index in [9.17, 15) is 13.7 Å². The number of nitrogens with zero attached hydrogens (tertiary/aromatic N) is 2. The van der Waals surface area contributed by atoms with Gasteiger partial charge in [0.1, 0.15) is 0 Å². The van der Waals surface area contributed by atoms with Crippen molar-refractivity contribution in [1.82, 2.24) is 4.90 Å². The predicted molar refractivity (Wildman–Crippen MR) is 135 cm³/mol. The molecule has 180 valence electrons. The van der Waals surface area contributed by atoms with E-state index >= 15 is 0 Å². The van der Waals surface area contributed by atoms with Gasteiger partial charge in [0.15, 0.2) is 0 Å². The molecule has 0 aromatic heterocycles. The number of hydrogen-bond donors (Lipinski definition) is 1. The van der Waals surface area contributed by atoms with Gasteiger partial charge in [0.2, 0.25) is 10.0 Å². The molecule has 1 aliphatic carbocycles. The minimum atomic E-state index is -3.33. The number of ether oxygens (including phenoxy) is 1. The SMILES string of the molecule is CCCN1C(c2ccc(NS(=O)(=O)CC)cc2)=C(C#N)C2CC(OCc3ccccc3)CCC21. The highest BCUT2D eigenvalue weighted by Gasteiger charge is 2.44. The molecule has 0 spiro atoms. The number of anilines is 1. The zero-order valence-electron chi connectivity index (χ0n) is 19.9. The van der Waals surface area contributed by atoms with Crippen molar-refractivity contribution in [2.45, 2.75) is 58.3 Å². The van der Waals surface area contributed by atoms with Crippen LogP contribution in [-0.2, 0) is 21.4 Å². The Kier molecular flexibility index (Phi) is 7.60. The highest BCUT2D eigenvalue weighted by atomic mass is 32.2. The molecule has 0 radical (unpaired) electrons. The molecule has 1 saturated carbocycles. The van der Waals surface area contributed by atoms with Crippen molar-refractivity contribution < 1.29 is 13.2 Å². The molecule has 6 nitrogen and oxygen atoms in total. The summed E-state index contributed by atoms with van der Waals surface area (Å²) in [6.07, 6.45) is 3.95. The second-order valence-electron chi connectivity index (χ2n) is 9.06. The van der Waals surface area contributed by atoms with Crippen LogP contribution in [0, 0.1) is 17.2 Å². The molecule has 4 rings (SSSR count). The van der Waals surface area contributed by atoms with Crippen molar-refractivity contribution in [1.29, 1.82) is 5.26 Å². The molecule has 1 fully saturated rings. The number of hydrogen-bond acceptors (Lipinski definition) is 5. The molecule has 2 aliphatic rings.